The number of amides is 1. The van der Waals surface area contributed by atoms with Crippen molar-refractivity contribution in [3.8, 4) is 0 Å². The van der Waals surface area contributed by atoms with Crippen molar-refractivity contribution >= 4 is 33.5 Å². The van der Waals surface area contributed by atoms with E-state index in [0.717, 1.165) is 40.7 Å². The molecule has 1 aliphatic heterocycles. The number of carbonyl (C=O) groups excluding carboxylic acids is 1. The van der Waals surface area contributed by atoms with Crippen LogP contribution in [0, 0.1) is 0 Å². The predicted molar refractivity (Wildman–Crippen MR) is 110 cm³/mol. The molecule has 140 valence electrons. The van der Waals surface area contributed by atoms with Crippen LogP contribution in [0.25, 0.3) is 21.8 Å². The first-order valence-corrected chi connectivity index (χ1v) is 9.56. The number of benzene rings is 2. The van der Waals surface area contributed by atoms with Gasteiger partial charge in [-0.05, 0) is 29.7 Å². The number of aromatic nitrogens is 3. The number of piperazine rings is 1. The van der Waals surface area contributed by atoms with Gasteiger partial charge in [0.2, 0.25) is 5.91 Å². The maximum absolute atomic E-state index is 12.8. The van der Waals surface area contributed by atoms with Gasteiger partial charge in [0.15, 0.2) is 0 Å². The van der Waals surface area contributed by atoms with Crippen LogP contribution in [0.3, 0.4) is 0 Å². The molecule has 6 nitrogen and oxygen atoms in total. The number of carbonyl (C=O) groups is 1. The molecule has 6 heteroatoms. The molecule has 1 fully saturated rings. The Kier molecular flexibility index (Phi) is 4.16. The minimum atomic E-state index is 0.161. The summed E-state index contributed by atoms with van der Waals surface area (Å²) in [5, 5.41) is 2.22. The summed E-state index contributed by atoms with van der Waals surface area (Å²) >= 11 is 0. The third-order valence-electron chi connectivity index (χ3n) is 5.44. The van der Waals surface area contributed by atoms with E-state index in [-0.39, 0.29) is 5.91 Å². The quantitative estimate of drug-likeness (QED) is 0.556. The van der Waals surface area contributed by atoms with Gasteiger partial charge in [-0.1, -0.05) is 30.3 Å². The van der Waals surface area contributed by atoms with Crippen molar-refractivity contribution in [1.82, 2.24) is 19.4 Å². The standard InChI is InChI=1S/C22H21N5O/c28-21(15-27-10-9-17-5-1-4-8-20(17)27)25-11-13-26(14-12-25)22-18-6-2-3-7-19(18)23-16-24-22/h1-10,16H,11-15H2. The maximum atomic E-state index is 12.8. The van der Waals surface area contributed by atoms with Crippen molar-refractivity contribution in [2.45, 2.75) is 6.54 Å². The second-order valence-corrected chi connectivity index (χ2v) is 7.08. The summed E-state index contributed by atoms with van der Waals surface area (Å²) < 4.78 is 2.03. The van der Waals surface area contributed by atoms with E-state index in [1.807, 2.05) is 46.0 Å². The van der Waals surface area contributed by atoms with E-state index in [1.54, 1.807) is 6.33 Å². The highest BCUT2D eigenvalue weighted by molar-refractivity contribution is 5.89. The molecule has 0 unspecified atom stereocenters. The number of para-hydroxylation sites is 2. The molecule has 0 radical (unpaired) electrons. The molecule has 2 aromatic heterocycles. The zero-order chi connectivity index (χ0) is 18.9. The summed E-state index contributed by atoms with van der Waals surface area (Å²) in [7, 11) is 0. The summed E-state index contributed by atoms with van der Waals surface area (Å²) in [6, 6.07) is 18.3. The number of anilines is 1. The van der Waals surface area contributed by atoms with Crippen molar-refractivity contribution in [2.75, 3.05) is 31.1 Å². The lowest BCUT2D eigenvalue weighted by atomic mass is 10.2. The molecular weight excluding hydrogens is 350 g/mol. The Morgan fingerprint density at radius 2 is 1.68 bits per heavy atom. The third-order valence-corrected chi connectivity index (χ3v) is 5.44. The van der Waals surface area contributed by atoms with Gasteiger partial charge in [-0.3, -0.25) is 4.79 Å². The molecule has 0 N–H and O–H groups in total. The second-order valence-electron chi connectivity index (χ2n) is 7.08. The monoisotopic (exact) mass is 371 g/mol. The highest BCUT2D eigenvalue weighted by Crippen LogP contribution is 2.23. The van der Waals surface area contributed by atoms with Gasteiger partial charge in [0.1, 0.15) is 18.7 Å². The molecule has 1 aliphatic rings. The van der Waals surface area contributed by atoms with Crippen molar-refractivity contribution < 1.29 is 4.79 Å². The third kappa shape index (κ3) is 2.97. The van der Waals surface area contributed by atoms with Crippen LogP contribution < -0.4 is 4.90 Å². The van der Waals surface area contributed by atoms with Crippen molar-refractivity contribution in [3.63, 3.8) is 0 Å². The Morgan fingerprint density at radius 3 is 2.57 bits per heavy atom. The first kappa shape index (κ1) is 16.7. The molecule has 5 rings (SSSR count). The van der Waals surface area contributed by atoms with E-state index in [4.69, 9.17) is 0 Å². The van der Waals surface area contributed by atoms with Crippen LogP contribution in [0.2, 0.25) is 0 Å². The number of fused-ring (bicyclic) bond motifs is 2. The average molecular weight is 371 g/mol. The van der Waals surface area contributed by atoms with E-state index in [9.17, 15) is 4.79 Å². The first-order valence-electron chi connectivity index (χ1n) is 9.56. The van der Waals surface area contributed by atoms with Crippen LogP contribution in [0.4, 0.5) is 5.82 Å². The number of hydrogen-bond acceptors (Lipinski definition) is 4. The Morgan fingerprint density at radius 1 is 0.893 bits per heavy atom. The highest BCUT2D eigenvalue weighted by Gasteiger charge is 2.23. The zero-order valence-electron chi connectivity index (χ0n) is 15.5. The van der Waals surface area contributed by atoms with Gasteiger partial charge in [-0.15, -0.1) is 0 Å². The second kappa shape index (κ2) is 6.96. The molecule has 3 heterocycles. The average Bonchev–Trinajstić information content (AvgIpc) is 3.16. The SMILES string of the molecule is O=C(Cn1ccc2ccccc21)N1CCN(c2ncnc3ccccc23)CC1. The van der Waals surface area contributed by atoms with Gasteiger partial charge in [0.25, 0.3) is 0 Å². The predicted octanol–water partition coefficient (Wildman–Crippen LogP) is 2.93. The summed E-state index contributed by atoms with van der Waals surface area (Å²) in [6.45, 7) is 3.34. The van der Waals surface area contributed by atoms with Crippen LogP contribution >= 0.6 is 0 Å². The molecule has 0 atom stereocenters. The van der Waals surface area contributed by atoms with Gasteiger partial charge in [-0.25, -0.2) is 9.97 Å². The van der Waals surface area contributed by atoms with Gasteiger partial charge < -0.3 is 14.4 Å². The first-order chi connectivity index (χ1) is 13.8. The van der Waals surface area contributed by atoms with E-state index in [1.165, 1.54) is 0 Å². The molecule has 0 saturated carbocycles. The highest BCUT2D eigenvalue weighted by atomic mass is 16.2. The summed E-state index contributed by atoms with van der Waals surface area (Å²) in [4.78, 5) is 25.9. The molecule has 1 amide bonds. The van der Waals surface area contributed by atoms with Gasteiger partial charge in [0, 0.05) is 43.3 Å². The summed E-state index contributed by atoms with van der Waals surface area (Å²) in [6.07, 6.45) is 3.61. The molecule has 0 spiro atoms. The van der Waals surface area contributed by atoms with Crippen LogP contribution in [-0.4, -0.2) is 51.5 Å². The van der Waals surface area contributed by atoms with Crippen molar-refractivity contribution in [2.24, 2.45) is 0 Å². The Labute approximate surface area is 163 Å². The lowest BCUT2D eigenvalue weighted by molar-refractivity contribution is -0.132. The van der Waals surface area contributed by atoms with E-state index >= 15 is 0 Å². The molecule has 0 bridgehead atoms. The van der Waals surface area contributed by atoms with E-state index < -0.39 is 0 Å². The fourth-order valence-corrected chi connectivity index (χ4v) is 3.93. The number of rotatable bonds is 3. The number of nitrogens with zero attached hydrogens (tertiary/aromatic N) is 5. The van der Waals surface area contributed by atoms with Crippen LogP contribution in [-0.2, 0) is 11.3 Å². The lowest BCUT2D eigenvalue weighted by Gasteiger charge is -2.35. The van der Waals surface area contributed by atoms with Gasteiger partial charge in [0.05, 0.1) is 5.52 Å². The maximum Gasteiger partial charge on any atom is 0.242 e. The molecule has 0 aliphatic carbocycles. The Hall–Kier alpha value is -3.41. The minimum absolute atomic E-state index is 0.161. The van der Waals surface area contributed by atoms with E-state index in [0.29, 0.717) is 19.6 Å². The number of hydrogen-bond donors (Lipinski definition) is 0. The topological polar surface area (TPSA) is 54.3 Å². The molecule has 2 aromatic carbocycles. The molecule has 28 heavy (non-hydrogen) atoms. The molecular formula is C22H21N5O. The Balaban J connectivity index is 1.28. The summed E-state index contributed by atoms with van der Waals surface area (Å²) in [5.74, 6) is 1.11. The van der Waals surface area contributed by atoms with Crippen molar-refractivity contribution in [1.29, 1.82) is 0 Å². The fraction of sp³-hybridized carbons (Fsp3) is 0.227. The van der Waals surface area contributed by atoms with Gasteiger partial charge in [-0.2, -0.15) is 0 Å². The van der Waals surface area contributed by atoms with E-state index in [2.05, 4.69) is 39.1 Å². The smallest absolute Gasteiger partial charge is 0.242 e. The molecule has 4 aromatic rings. The Bertz CT molecular complexity index is 1140. The minimum Gasteiger partial charge on any atom is -0.352 e. The fourth-order valence-electron chi connectivity index (χ4n) is 3.93. The normalized spacial score (nSPS) is 14.7. The van der Waals surface area contributed by atoms with Crippen LogP contribution in [0.15, 0.2) is 67.1 Å². The lowest BCUT2D eigenvalue weighted by Crippen LogP contribution is -2.49. The summed E-state index contributed by atoms with van der Waals surface area (Å²) in [5.41, 5.74) is 2.05. The largest absolute Gasteiger partial charge is 0.352 e. The molecule has 1 saturated heterocycles. The van der Waals surface area contributed by atoms with Crippen LogP contribution in [0.5, 0.6) is 0 Å². The van der Waals surface area contributed by atoms with Crippen molar-refractivity contribution in [3.05, 3.63) is 67.1 Å². The van der Waals surface area contributed by atoms with Gasteiger partial charge >= 0.3 is 0 Å². The zero-order valence-corrected chi connectivity index (χ0v) is 15.5. The van der Waals surface area contributed by atoms with Crippen LogP contribution in [0.1, 0.15) is 0 Å².